The molecule has 5 heteroatoms. The number of rotatable bonds is 4. The fourth-order valence-electron chi connectivity index (χ4n) is 1.29. The van der Waals surface area contributed by atoms with Crippen LogP contribution in [0.25, 0.3) is 0 Å². The zero-order valence-corrected chi connectivity index (χ0v) is 11.3. The molecule has 1 atom stereocenters. The van der Waals surface area contributed by atoms with Gasteiger partial charge in [-0.2, -0.15) is 0 Å². The topological polar surface area (TPSA) is 55.1 Å². The van der Waals surface area contributed by atoms with Gasteiger partial charge in [-0.05, 0) is 24.6 Å². The summed E-state index contributed by atoms with van der Waals surface area (Å²) in [4.78, 5) is 11.8. The van der Waals surface area contributed by atoms with Crippen molar-refractivity contribution < 1.29 is 4.79 Å². The number of halogens is 2. The molecule has 0 saturated carbocycles. The first-order chi connectivity index (χ1) is 7.58. The molecule has 3 N–H and O–H groups in total. The van der Waals surface area contributed by atoms with Gasteiger partial charge >= 0.3 is 0 Å². The second kappa shape index (κ2) is 6.23. The van der Waals surface area contributed by atoms with E-state index in [2.05, 4.69) is 21.2 Å². The predicted octanol–water partition coefficient (Wildman–Crippen LogP) is 3.03. The van der Waals surface area contributed by atoms with E-state index in [-0.39, 0.29) is 11.8 Å². The zero-order valence-electron chi connectivity index (χ0n) is 8.97. The van der Waals surface area contributed by atoms with Gasteiger partial charge in [0, 0.05) is 11.0 Å². The lowest BCUT2D eigenvalue weighted by Crippen LogP contribution is -2.28. The molecule has 1 aromatic rings. The molecule has 1 unspecified atom stereocenters. The Morgan fingerprint density at radius 2 is 2.31 bits per heavy atom. The second-order valence-electron chi connectivity index (χ2n) is 3.45. The Morgan fingerprint density at radius 1 is 1.62 bits per heavy atom. The first-order valence-corrected chi connectivity index (χ1v) is 6.21. The molecular weight excluding hydrogens is 291 g/mol. The van der Waals surface area contributed by atoms with Gasteiger partial charge < -0.3 is 11.1 Å². The standard InChI is InChI=1S/C11H14BrClN2O/c1-2-7(6-14)11(16)15-10-5-8(12)3-4-9(10)13/h3-5,7H,2,6,14H2,1H3,(H,15,16). The lowest BCUT2D eigenvalue weighted by Gasteiger charge is -2.13. The van der Waals surface area contributed by atoms with Gasteiger partial charge in [0.1, 0.15) is 0 Å². The molecule has 0 aliphatic carbocycles. The van der Waals surface area contributed by atoms with Gasteiger partial charge in [0.25, 0.3) is 0 Å². The first-order valence-electron chi connectivity index (χ1n) is 5.04. The van der Waals surface area contributed by atoms with Gasteiger partial charge in [0.2, 0.25) is 5.91 Å². The Hall–Kier alpha value is -0.580. The number of hydrogen-bond donors (Lipinski definition) is 2. The minimum Gasteiger partial charge on any atom is -0.330 e. The molecule has 16 heavy (non-hydrogen) atoms. The van der Waals surface area contributed by atoms with Gasteiger partial charge in [-0.1, -0.05) is 34.5 Å². The Bertz CT molecular complexity index is 380. The van der Waals surface area contributed by atoms with Crippen molar-refractivity contribution in [3.63, 3.8) is 0 Å². The van der Waals surface area contributed by atoms with Gasteiger partial charge in [0.05, 0.1) is 16.6 Å². The van der Waals surface area contributed by atoms with E-state index in [0.717, 1.165) is 4.47 Å². The van der Waals surface area contributed by atoms with E-state index in [4.69, 9.17) is 17.3 Å². The summed E-state index contributed by atoms with van der Waals surface area (Å²) in [5.41, 5.74) is 6.11. The summed E-state index contributed by atoms with van der Waals surface area (Å²) in [6, 6.07) is 5.31. The maximum atomic E-state index is 11.8. The predicted molar refractivity (Wildman–Crippen MR) is 70.6 cm³/mol. The molecule has 1 aromatic carbocycles. The normalized spacial score (nSPS) is 12.2. The van der Waals surface area contributed by atoms with Crippen LogP contribution < -0.4 is 11.1 Å². The Labute approximate surface area is 108 Å². The van der Waals surface area contributed by atoms with E-state index in [1.54, 1.807) is 12.1 Å². The van der Waals surface area contributed by atoms with Crippen LogP contribution in [0.15, 0.2) is 22.7 Å². The molecule has 1 amide bonds. The number of carbonyl (C=O) groups excluding carboxylic acids is 1. The Morgan fingerprint density at radius 3 is 2.88 bits per heavy atom. The number of hydrogen-bond acceptors (Lipinski definition) is 2. The third-order valence-electron chi connectivity index (χ3n) is 2.33. The fraction of sp³-hybridized carbons (Fsp3) is 0.364. The molecule has 0 spiro atoms. The lowest BCUT2D eigenvalue weighted by molar-refractivity contribution is -0.119. The SMILES string of the molecule is CCC(CN)C(=O)Nc1cc(Br)ccc1Cl. The monoisotopic (exact) mass is 304 g/mol. The van der Waals surface area contributed by atoms with Crippen molar-refractivity contribution >= 4 is 39.1 Å². The zero-order chi connectivity index (χ0) is 12.1. The highest BCUT2D eigenvalue weighted by molar-refractivity contribution is 9.10. The van der Waals surface area contributed by atoms with Gasteiger partial charge in [-0.25, -0.2) is 0 Å². The number of benzene rings is 1. The van der Waals surface area contributed by atoms with E-state index in [9.17, 15) is 4.79 Å². The summed E-state index contributed by atoms with van der Waals surface area (Å²) >= 11 is 9.29. The van der Waals surface area contributed by atoms with E-state index >= 15 is 0 Å². The molecular formula is C11H14BrClN2O. The quantitative estimate of drug-likeness (QED) is 0.898. The number of nitrogens with one attached hydrogen (secondary N) is 1. The number of amides is 1. The van der Waals surface area contributed by atoms with Crippen LogP contribution in [0, 0.1) is 5.92 Å². The van der Waals surface area contributed by atoms with Crippen LogP contribution >= 0.6 is 27.5 Å². The van der Waals surface area contributed by atoms with E-state index in [1.807, 2.05) is 13.0 Å². The smallest absolute Gasteiger partial charge is 0.228 e. The Kier molecular flexibility index (Phi) is 5.25. The molecule has 3 nitrogen and oxygen atoms in total. The fourth-order valence-corrected chi connectivity index (χ4v) is 1.81. The van der Waals surface area contributed by atoms with E-state index < -0.39 is 0 Å². The minimum atomic E-state index is -0.171. The summed E-state index contributed by atoms with van der Waals surface area (Å²) < 4.78 is 0.869. The van der Waals surface area contributed by atoms with Crippen LogP contribution in [0.2, 0.25) is 5.02 Å². The molecule has 0 heterocycles. The third-order valence-corrected chi connectivity index (χ3v) is 3.16. The molecule has 88 valence electrons. The summed E-state index contributed by atoms with van der Waals surface area (Å²) in [6.07, 6.45) is 0.716. The van der Waals surface area contributed by atoms with Crippen LogP contribution in [-0.2, 0) is 4.79 Å². The molecule has 1 rings (SSSR count). The molecule has 0 bridgehead atoms. The summed E-state index contributed by atoms with van der Waals surface area (Å²) in [5, 5.41) is 3.29. The highest BCUT2D eigenvalue weighted by Crippen LogP contribution is 2.26. The van der Waals surface area contributed by atoms with Crippen molar-refractivity contribution in [2.45, 2.75) is 13.3 Å². The summed E-state index contributed by atoms with van der Waals surface area (Å²) in [5.74, 6) is -0.264. The summed E-state index contributed by atoms with van der Waals surface area (Å²) in [7, 11) is 0. The third kappa shape index (κ3) is 3.47. The van der Waals surface area contributed by atoms with Crippen molar-refractivity contribution in [3.8, 4) is 0 Å². The van der Waals surface area contributed by atoms with Crippen molar-refractivity contribution in [2.75, 3.05) is 11.9 Å². The van der Waals surface area contributed by atoms with Crippen LogP contribution in [-0.4, -0.2) is 12.5 Å². The molecule has 0 radical (unpaired) electrons. The van der Waals surface area contributed by atoms with Crippen LogP contribution in [0.1, 0.15) is 13.3 Å². The average Bonchev–Trinajstić information content (AvgIpc) is 2.25. The lowest BCUT2D eigenvalue weighted by atomic mass is 10.1. The number of carbonyl (C=O) groups is 1. The van der Waals surface area contributed by atoms with Crippen molar-refractivity contribution in [1.82, 2.24) is 0 Å². The highest BCUT2D eigenvalue weighted by atomic mass is 79.9. The molecule has 0 aliphatic heterocycles. The van der Waals surface area contributed by atoms with Crippen molar-refractivity contribution in [1.29, 1.82) is 0 Å². The van der Waals surface area contributed by atoms with E-state index in [0.29, 0.717) is 23.7 Å². The Balaban J connectivity index is 2.80. The molecule has 0 fully saturated rings. The number of anilines is 1. The second-order valence-corrected chi connectivity index (χ2v) is 4.78. The highest BCUT2D eigenvalue weighted by Gasteiger charge is 2.15. The average molecular weight is 306 g/mol. The van der Waals surface area contributed by atoms with Crippen LogP contribution in [0.4, 0.5) is 5.69 Å². The van der Waals surface area contributed by atoms with E-state index in [1.165, 1.54) is 0 Å². The summed E-state index contributed by atoms with van der Waals surface area (Å²) in [6.45, 7) is 2.27. The van der Waals surface area contributed by atoms with Crippen LogP contribution in [0.3, 0.4) is 0 Å². The minimum absolute atomic E-state index is 0.0926. The van der Waals surface area contributed by atoms with Crippen LogP contribution in [0.5, 0.6) is 0 Å². The number of nitrogens with two attached hydrogens (primary N) is 1. The maximum Gasteiger partial charge on any atom is 0.228 e. The maximum absolute atomic E-state index is 11.8. The largest absolute Gasteiger partial charge is 0.330 e. The van der Waals surface area contributed by atoms with Crippen molar-refractivity contribution in [3.05, 3.63) is 27.7 Å². The molecule has 0 aromatic heterocycles. The van der Waals surface area contributed by atoms with Gasteiger partial charge in [-0.3, -0.25) is 4.79 Å². The van der Waals surface area contributed by atoms with Gasteiger partial charge in [-0.15, -0.1) is 0 Å². The molecule has 0 aliphatic rings. The molecule has 0 saturated heterocycles. The van der Waals surface area contributed by atoms with Crippen molar-refractivity contribution in [2.24, 2.45) is 11.7 Å². The van der Waals surface area contributed by atoms with Gasteiger partial charge in [0.15, 0.2) is 0 Å². The first kappa shape index (κ1) is 13.5.